The predicted molar refractivity (Wildman–Crippen MR) is 57.8 cm³/mol. The van der Waals surface area contributed by atoms with Crippen LogP contribution in [-0.2, 0) is 0 Å². The number of amides is 2. The number of nitrogens with two attached hydrogens (primary N) is 1. The van der Waals surface area contributed by atoms with E-state index in [2.05, 4.69) is 5.32 Å². The number of rotatable bonds is 5. The number of carbonyl (C=O) groups is 1. The number of urea groups is 1. The Labute approximate surface area is 89.5 Å². The maximum atomic E-state index is 11.8. The lowest BCUT2D eigenvalue weighted by atomic mass is 10.3. The van der Waals surface area contributed by atoms with Gasteiger partial charge in [0.1, 0.15) is 0 Å². The number of hydrogen-bond donors (Lipinski definition) is 3. The lowest BCUT2D eigenvalue weighted by Gasteiger charge is -2.22. The Kier molecular flexibility index (Phi) is 2.79. The summed E-state index contributed by atoms with van der Waals surface area (Å²) in [5.74, 6) is 0.153. The van der Waals surface area contributed by atoms with Crippen molar-refractivity contribution in [3.05, 3.63) is 0 Å². The Bertz CT molecular complexity index is 271. The summed E-state index contributed by atoms with van der Waals surface area (Å²) in [6.07, 6.45) is 4.88. The summed E-state index contributed by atoms with van der Waals surface area (Å²) in [6, 6.07) is 0.820. The molecule has 5 heteroatoms. The molecular weight excluding hydrogens is 192 g/mol. The quantitative estimate of drug-likeness (QED) is 0.460. The van der Waals surface area contributed by atoms with Crippen LogP contribution in [0.25, 0.3) is 0 Å². The minimum absolute atomic E-state index is 0.0289. The topological polar surface area (TPSA) is 82.2 Å². The van der Waals surface area contributed by atoms with Crippen molar-refractivity contribution in [2.75, 3.05) is 6.54 Å². The molecule has 0 atom stereocenters. The average molecular weight is 210 g/mol. The van der Waals surface area contributed by atoms with E-state index >= 15 is 0 Å². The highest BCUT2D eigenvalue weighted by molar-refractivity contribution is 5.79. The lowest BCUT2D eigenvalue weighted by Crippen LogP contribution is -2.43. The highest BCUT2D eigenvalue weighted by Gasteiger charge is 2.34. The SMILES string of the molecule is N=C(N)CCN(C(=O)NC1CC1)C1CC1. The second kappa shape index (κ2) is 4.08. The normalized spacial score (nSPS) is 19.7. The first-order chi connectivity index (χ1) is 7.16. The van der Waals surface area contributed by atoms with E-state index in [1.807, 2.05) is 4.90 Å². The van der Waals surface area contributed by atoms with E-state index in [0.717, 1.165) is 25.7 Å². The van der Waals surface area contributed by atoms with Crippen LogP contribution in [0, 0.1) is 5.41 Å². The molecule has 2 fully saturated rings. The first-order valence-corrected chi connectivity index (χ1v) is 5.57. The number of hydrogen-bond acceptors (Lipinski definition) is 2. The molecule has 2 rings (SSSR count). The molecule has 5 nitrogen and oxygen atoms in total. The van der Waals surface area contributed by atoms with E-state index < -0.39 is 0 Å². The zero-order valence-corrected chi connectivity index (χ0v) is 8.83. The molecule has 2 aliphatic rings. The molecule has 0 radical (unpaired) electrons. The largest absolute Gasteiger partial charge is 0.388 e. The van der Waals surface area contributed by atoms with Crippen LogP contribution in [0.1, 0.15) is 32.1 Å². The van der Waals surface area contributed by atoms with Gasteiger partial charge in [0, 0.05) is 25.0 Å². The van der Waals surface area contributed by atoms with Crippen LogP contribution in [0.5, 0.6) is 0 Å². The monoisotopic (exact) mass is 210 g/mol. The molecule has 0 aromatic rings. The second-order valence-corrected chi connectivity index (χ2v) is 4.42. The Balaban J connectivity index is 1.80. The fourth-order valence-electron chi connectivity index (χ4n) is 1.56. The van der Waals surface area contributed by atoms with Crippen LogP contribution in [-0.4, -0.2) is 35.4 Å². The summed E-state index contributed by atoms with van der Waals surface area (Å²) in [5.41, 5.74) is 5.30. The van der Waals surface area contributed by atoms with Crippen LogP contribution in [0.4, 0.5) is 4.79 Å². The third kappa shape index (κ3) is 3.11. The molecule has 4 N–H and O–H groups in total. The summed E-state index contributed by atoms with van der Waals surface area (Å²) in [5, 5.41) is 10.1. The Morgan fingerprint density at radius 3 is 2.53 bits per heavy atom. The minimum Gasteiger partial charge on any atom is -0.388 e. The minimum atomic E-state index is 0.0289. The van der Waals surface area contributed by atoms with E-state index in [-0.39, 0.29) is 11.9 Å². The molecule has 15 heavy (non-hydrogen) atoms. The standard InChI is InChI=1S/C10H18N4O/c11-9(12)5-6-14(8-3-4-8)10(15)13-7-1-2-7/h7-8H,1-6H2,(H3,11,12)(H,13,15). The van der Waals surface area contributed by atoms with Gasteiger partial charge in [-0.2, -0.15) is 0 Å². The Morgan fingerprint density at radius 2 is 2.07 bits per heavy atom. The van der Waals surface area contributed by atoms with E-state index in [1.54, 1.807) is 0 Å². The average Bonchev–Trinajstić information content (AvgIpc) is 2.97. The summed E-state index contributed by atoms with van der Waals surface area (Å²) < 4.78 is 0. The van der Waals surface area contributed by atoms with Gasteiger partial charge in [-0.05, 0) is 25.7 Å². The first kappa shape index (κ1) is 10.3. The molecule has 0 aromatic heterocycles. The Morgan fingerprint density at radius 1 is 1.40 bits per heavy atom. The third-order valence-electron chi connectivity index (χ3n) is 2.78. The van der Waals surface area contributed by atoms with Gasteiger partial charge >= 0.3 is 6.03 Å². The third-order valence-corrected chi connectivity index (χ3v) is 2.78. The van der Waals surface area contributed by atoms with Gasteiger partial charge in [0.15, 0.2) is 0 Å². The highest BCUT2D eigenvalue weighted by Crippen LogP contribution is 2.28. The molecule has 84 valence electrons. The summed E-state index contributed by atoms with van der Waals surface area (Å²) in [4.78, 5) is 13.6. The van der Waals surface area contributed by atoms with Crippen molar-refractivity contribution < 1.29 is 4.79 Å². The van der Waals surface area contributed by atoms with Crippen LogP contribution in [0.2, 0.25) is 0 Å². The van der Waals surface area contributed by atoms with Crippen molar-refractivity contribution in [1.29, 1.82) is 5.41 Å². The summed E-state index contributed by atoms with van der Waals surface area (Å²) in [7, 11) is 0. The molecule has 2 saturated carbocycles. The first-order valence-electron chi connectivity index (χ1n) is 5.57. The van der Waals surface area contributed by atoms with E-state index in [0.29, 0.717) is 25.0 Å². The van der Waals surface area contributed by atoms with Gasteiger partial charge in [0.2, 0.25) is 0 Å². The maximum Gasteiger partial charge on any atom is 0.317 e. The predicted octanol–water partition coefficient (Wildman–Crippen LogP) is 0.649. The Hall–Kier alpha value is -1.26. The van der Waals surface area contributed by atoms with Crippen LogP contribution < -0.4 is 11.1 Å². The van der Waals surface area contributed by atoms with Gasteiger partial charge in [0.25, 0.3) is 0 Å². The number of nitrogens with one attached hydrogen (secondary N) is 2. The van der Waals surface area contributed by atoms with E-state index in [9.17, 15) is 4.79 Å². The molecule has 0 heterocycles. The van der Waals surface area contributed by atoms with E-state index in [1.165, 1.54) is 0 Å². The molecule has 0 bridgehead atoms. The van der Waals surface area contributed by atoms with Crippen LogP contribution in [0.3, 0.4) is 0 Å². The summed E-state index contributed by atoms with van der Waals surface area (Å²) >= 11 is 0. The van der Waals surface area contributed by atoms with Crippen molar-refractivity contribution >= 4 is 11.9 Å². The van der Waals surface area contributed by atoms with Gasteiger partial charge in [-0.3, -0.25) is 5.41 Å². The molecule has 2 amide bonds. The molecule has 2 aliphatic carbocycles. The van der Waals surface area contributed by atoms with E-state index in [4.69, 9.17) is 11.1 Å². The zero-order valence-electron chi connectivity index (χ0n) is 8.83. The van der Waals surface area contributed by atoms with Crippen molar-refractivity contribution in [1.82, 2.24) is 10.2 Å². The van der Waals surface area contributed by atoms with Gasteiger partial charge < -0.3 is 16.0 Å². The van der Waals surface area contributed by atoms with Crippen molar-refractivity contribution in [2.45, 2.75) is 44.2 Å². The summed E-state index contributed by atoms with van der Waals surface area (Å²) in [6.45, 7) is 0.582. The van der Waals surface area contributed by atoms with Crippen LogP contribution in [0.15, 0.2) is 0 Å². The lowest BCUT2D eigenvalue weighted by molar-refractivity contribution is 0.196. The molecule has 0 spiro atoms. The second-order valence-electron chi connectivity index (χ2n) is 4.42. The fourth-order valence-corrected chi connectivity index (χ4v) is 1.56. The number of carbonyl (C=O) groups excluding carboxylic acids is 1. The van der Waals surface area contributed by atoms with Crippen molar-refractivity contribution in [3.8, 4) is 0 Å². The zero-order chi connectivity index (χ0) is 10.8. The van der Waals surface area contributed by atoms with Crippen molar-refractivity contribution in [3.63, 3.8) is 0 Å². The smallest absolute Gasteiger partial charge is 0.317 e. The maximum absolute atomic E-state index is 11.8. The van der Waals surface area contributed by atoms with Gasteiger partial charge in [-0.25, -0.2) is 4.79 Å². The molecule has 0 unspecified atom stereocenters. The van der Waals surface area contributed by atoms with Gasteiger partial charge in [-0.1, -0.05) is 0 Å². The number of amidine groups is 1. The molecular formula is C10H18N4O. The molecule has 0 aromatic carbocycles. The van der Waals surface area contributed by atoms with Gasteiger partial charge in [0.05, 0.1) is 5.84 Å². The fraction of sp³-hybridized carbons (Fsp3) is 0.800. The van der Waals surface area contributed by atoms with Gasteiger partial charge in [-0.15, -0.1) is 0 Å². The molecule has 0 aliphatic heterocycles. The molecule has 0 saturated heterocycles. The highest BCUT2D eigenvalue weighted by atomic mass is 16.2. The van der Waals surface area contributed by atoms with Crippen LogP contribution >= 0.6 is 0 Å². The number of nitrogens with zero attached hydrogens (tertiary/aromatic N) is 1. The van der Waals surface area contributed by atoms with Crippen molar-refractivity contribution in [2.24, 2.45) is 5.73 Å².